The fraction of sp³-hybridized carbons (Fsp3) is 0.318. The van der Waals surface area contributed by atoms with Crippen LogP contribution in [0.25, 0.3) is 0 Å². The number of nitrogens with zero attached hydrogens (tertiary/aromatic N) is 3. The van der Waals surface area contributed by atoms with Gasteiger partial charge in [-0.15, -0.1) is 11.3 Å². The topological polar surface area (TPSA) is 64.5 Å². The standard InChI is InChI=1S/C22H25N3O3S/c1-14-10-23-20(15(2)21(14)27-5)11-25(4)22(26)17-7-6-8-19(9-17)28-12-18-13-29-16(3)24-18/h6-10,13H,11-12H2,1-5H3. The van der Waals surface area contributed by atoms with E-state index in [9.17, 15) is 4.79 Å². The highest BCUT2D eigenvalue weighted by Crippen LogP contribution is 2.25. The van der Waals surface area contributed by atoms with Crippen molar-refractivity contribution in [2.45, 2.75) is 33.9 Å². The van der Waals surface area contributed by atoms with E-state index in [1.54, 1.807) is 48.7 Å². The minimum absolute atomic E-state index is 0.0966. The summed E-state index contributed by atoms with van der Waals surface area (Å²) in [5.74, 6) is 1.35. The summed E-state index contributed by atoms with van der Waals surface area (Å²) in [6.45, 7) is 6.65. The van der Waals surface area contributed by atoms with E-state index in [0.29, 0.717) is 24.5 Å². The molecule has 0 unspecified atom stereocenters. The molecule has 0 radical (unpaired) electrons. The van der Waals surface area contributed by atoms with Crippen molar-refractivity contribution in [3.05, 3.63) is 68.9 Å². The van der Waals surface area contributed by atoms with Crippen molar-refractivity contribution in [3.8, 4) is 11.5 Å². The van der Waals surface area contributed by atoms with Crippen LogP contribution in [0.3, 0.4) is 0 Å². The van der Waals surface area contributed by atoms with E-state index in [-0.39, 0.29) is 5.91 Å². The first-order valence-corrected chi connectivity index (χ1v) is 10.2. The molecule has 1 amide bonds. The van der Waals surface area contributed by atoms with Crippen molar-refractivity contribution in [3.63, 3.8) is 0 Å². The molecule has 0 N–H and O–H groups in total. The van der Waals surface area contributed by atoms with Crippen LogP contribution in [0.5, 0.6) is 11.5 Å². The maximum atomic E-state index is 12.9. The Kier molecular flexibility index (Phi) is 6.49. The van der Waals surface area contributed by atoms with Crippen molar-refractivity contribution >= 4 is 17.2 Å². The van der Waals surface area contributed by atoms with E-state index in [0.717, 1.165) is 33.3 Å². The Balaban J connectivity index is 1.69. The summed E-state index contributed by atoms with van der Waals surface area (Å²) < 4.78 is 11.3. The van der Waals surface area contributed by atoms with Gasteiger partial charge in [0.05, 0.1) is 30.1 Å². The first-order valence-electron chi connectivity index (χ1n) is 9.27. The molecule has 0 saturated carbocycles. The molecule has 0 aliphatic carbocycles. The lowest BCUT2D eigenvalue weighted by atomic mass is 10.1. The van der Waals surface area contributed by atoms with Gasteiger partial charge in [0.2, 0.25) is 0 Å². The smallest absolute Gasteiger partial charge is 0.254 e. The normalized spacial score (nSPS) is 10.7. The zero-order valence-electron chi connectivity index (χ0n) is 17.4. The highest BCUT2D eigenvalue weighted by atomic mass is 32.1. The van der Waals surface area contributed by atoms with Gasteiger partial charge in [-0.25, -0.2) is 4.98 Å². The first kappa shape index (κ1) is 20.8. The van der Waals surface area contributed by atoms with Crippen LogP contribution in [0, 0.1) is 20.8 Å². The second-order valence-electron chi connectivity index (χ2n) is 6.88. The molecule has 0 saturated heterocycles. The lowest BCUT2D eigenvalue weighted by molar-refractivity contribution is 0.0782. The number of ether oxygens (including phenoxy) is 2. The molecular formula is C22H25N3O3S. The summed E-state index contributed by atoms with van der Waals surface area (Å²) in [5.41, 5.74) is 4.19. The summed E-state index contributed by atoms with van der Waals surface area (Å²) in [5, 5.41) is 2.98. The van der Waals surface area contributed by atoms with Crippen LogP contribution < -0.4 is 9.47 Å². The Hall–Kier alpha value is -2.93. The van der Waals surface area contributed by atoms with E-state index in [1.807, 2.05) is 38.3 Å². The molecule has 0 aliphatic heterocycles. The van der Waals surface area contributed by atoms with Crippen molar-refractivity contribution in [1.82, 2.24) is 14.9 Å². The molecule has 1 aromatic carbocycles. The number of aromatic nitrogens is 2. The number of amides is 1. The van der Waals surface area contributed by atoms with Gasteiger partial charge in [-0.2, -0.15) is 0 Å². The van der Waals surface area contributed by atoms with E-state index >= 15 is 0 Å². The van der Waals surface area contributed by atoms with Gasteiger partial charge >= 0.3 is 0 Å². The zero-order chi connectivity index (χ0) is 21.0. The third-order valence-corrected chi connectivity index (χ3v) is 5.44. The Bertz CT molecular complexity index is 1020. The van der Waals surface area contributed by atoms with Gasteiger partial charge in [0.1, 0.15) is 18.1 Å². The van der Waals surface area contributed by atoms with E-state index in [2.05, 4.69) is 9.97 Å². The largest absolute Gasteiger partial charge is 0.496 e. The molecule has 3 rings (SSSR count). The minimum atomic E-state index is -0.0966. The Morgan fingerprint density at radius 2 is 2.03 bits per heavy atom. The number of aryl methyl sites for hydroxylation is 2. The average Bonchev–Trinajstić information content (AvgIpc) is 3.14. The highest BCUT2D eigenvalue weighted by Gasteiger charge is 2.17. The first-order chi connectivity index (χ1) is 13.9. The molecule has 0 bridgehead atoms. The van der Waals surface area contributed by atoms with Gasteiger partial charge in [0.25, 0.3) is 5.91 Å². The molecule has 0 aliphatic rings. The van der Waals surface area contributed by atoms with Gasteiger partial charge < -0.3 is 14.4 Å². The van der Waals surface area contributed by atoms with Crippen LogP contribution in [0.4, 0.5) is 0 Å². The SMILES string of the molecule is COc1c(C)cnc(CN(C)C(=O)c2cccc(OCc3csc(C)n3)c2)c1C. The third-order valence-electron chi connectivity index (χ3n) is 4.62. The number of thiazole rings is 1. The van der Waals surface area contributed by atoms with Crippen LogP contribution in [0.15, 0.2) is 35.8 Å². The van der Waals surface area contributed by atoms with Crippen LogP contribution in [-0.2, 0) is 13.2 Å². The molecule has 0 spiro atoms. The quantitative estimate of drug-likeness (QED) is 0.579. The summed E-state index contributed by atoms with van der Waals surface area (Å²) >= 11 is 1.59. The Morgan fingerprint density at radius 3 is 2.72 bits per heavy atom. The number of rotatable bonds is 7. The monoisotopic (exact) mass is 411 g/mol. The van der Waals surface area contributed by atoms with Gasteiger partial charge in [0.15, 0.2) is 0 Å². The van der Waals surface area contributed by atoms with Gasteiger partial charge in [-0.3, -0.25) is 9.78 Å². The minimum Gasteiger partial charge on any atom is -0.496 e. The molecule has 29 heavy (non-hydrogen) atoms. The molecule has 3 aromatic rings. The second kappa shape index (κ2) is 9.05. The predicted molar refractivity (Wildman–Crippen MR) is 114 cm³/mol. The number of hydrogen-bond acceptors (Lipinski definition) is 6. The molecule has 2 aromatic heterocycles. The van der Waals surface area contributed by atoms with Crippen LogP contribution in [0.2, 0.25) is 0 Å². The molecule has 7 heteroatoms. The van der Waals surface area contributed by atoms with E-state index in [1.165, 1.54) is 0 Å². The van der Waals surface area contributed by atoms with Crippen LogP contribution in [0.1, 0.15) is 37.9 Å². The van der Waals surface area contributed by atoms with E-state index < -0.39 is 0 Å². The maximum Gasteiger partial charge on any atom is 0.254 e. The second-order valence-corrected chi connectivity index (χ2v) is 7.94. The number of hydrogen-bond donors (Lipinski definition) is 0. The third kappa shape index (κ3) is 4.92. The predicted octanol–water partition coefficient (Wildman–Crippen LogP) is 4.32. The van der Waals surface area contributed by atoms with Crippen molar-refractivity contribution < 1.29 is 14.3 Å². The van der Waals surface area contributed by atoms with Gasteiger partial charge in [0, 0.05) is 35.3 Å². The number of carbonyl (C=O) groups is 1. The zero-order valence-corrected chi connectivity index (χ0v) is 18.2. The van der Waals surface area contributed by atoms with Crippen LogP contribution >= 0.6 is 11.3 Å². The molecule has 2 heterocycles. The summed E-state index contributed by atoms with van der Waals surface area (Å²) in [4.78, 5) is 23.4. The van der Waals surface area contributed by atoms with Crippen molar-refractivity contribution in [2.75, 3.05) is 14.2 Å². The number of benzene rings is 1. The van der Waals surface area contributed by atoms with E-state index in [4.69, 9.17) is 9.47 Å². The highest BCUT2D eigenvalue weighted by molar-refractivity contribution is 7.09. The molecule has 6 nitrogen and oxygen atoms in total. The average molecular weight is 412 g/mol. The fourth-order valence-corrected chi connectivity index (χ4v) is 3.70. The number of pyridine rings is 1. The Labute approximate surface area is 175 Å². The van der Waals surface area contributed by atoms with Crippen molar-refractivity contribution in [1.29, 1.82) is 0 Å². The fourth-order valence-electron chi connectivity index (χ4n) is 3.10. The van der Waals surface area contributed by atoms with Gasteiger partial charge in [-0.05, 0) is 39.0 Å². The molecule has 0 atom stereocenters. The maximum absolute atomic E-state index is 12.9. The molecular weight excluding hydrogens is 386 g/mol. The molecule has 152 valence electrons. The van der Waals surface area contributed by atoms with Crippen LogP contribution in [-0.4, -0.2) is 34.9 Å². The number of carbonyl (C=O) groups excluding carboxylic acids is 1. The summed E-state index contributed by atoms with van der Waals surface area (Å²) in [7, 11) is 3.41. The van der Waals surface area contributed by atoms with Gasteiger partial charge in [-0.1, -0.05) is 6.07 Å². The lowest BCUT2D eigenvalue weighted by Gasteiger charge is -2.20. The lowest BCUT2D eigenvalue weighted by Crippen LogP contribution is -2.27. The summed E-state index contributed by atoms with van der Waals surface area (Å²) in [6, 6.07) is 7.20. The summed E-state index contributed by atoms with van der Waals surface area (Å²) in [6.07, 6.45) is 1.77. The number of methoxy groups -OCH3 is 1. The Morgan fingerprint density at radius 1 is 1.24 bits per heavy atom. The molecule has 0 fully saturated rings. The van der Waals surface area contributed by atoms with Crippen molar-refractivity contribution in [2.24, 2.45) is 0 Å².